The molecule has 6 nitrogen and oxygen atoms in total. The minimum absolute atomic E-state index is 0.00538. The summed E-state index contributed by atoms with van der Waals surface area (Å²) in [5.74, 6) is 0.553. The number of rotatable bonds is 8. The summed E-state index contributed by atoms with van der Waals surface area (Å²) in [4.78, 5) is 28.8. The summed E-state index contributed by atoms with van der Waals surface area (Å²) in [6.45, 7) is 3.60. The van der Waals surface area contributed by atoms with Crippen LogP contribution in [0.25, 0.3) is 0 Å². The number of benzene rings is 2. The van der Waals surface area contributed by atoms with E-state index in [2.05, 4.69) is 12.1 Å². The van der Waals surface area contributed by atoms with E-state index >= 15 is 0 Å². The van der Waals surface area contributed by atoms with Crippen molar-refractivity contribution in [3.05, 3.63) is 60.2 Å². The summed E-state index contributed by atoms with van der Waals surface area (Å²) >= 11 is 0. The Morgan fingerprint density at radius 2 is 1.82 bits per heavy atom. The molecule has 2 aromatic carbocycles. The molecule has 1 aliphatic heterocycles. The van der Waals surface area contributed by atoms with Gasteiger partial charge in [-0.05, 0) is 31.0 Å². The number of hydrogen-bond acceptors (Lipinski definition) is 4. The van der Waals surface area contributed by atoms with Crippen LogP contribution in [0.1, 0.15) is 18.9 Å². The lowest BCUT2D eigenvalue weighted by Crippen LogP contribution is -2.46. The summed E-state index contributed by atoms with van der Waals surface area (Å²) in [7, 11) is 0. The molecular formula is C22H27N3O3. The van der Waals surface area contributed by atoms with Crippen molar-refractivity contribution >= 4 is 17.5 Å². The molecule has 6 heteroatoms. The Morgan fingerprint density at radius 3 is 2.57 bits per heavy atom. The molecule has 0 fully saturated rings. The molecule has 1 unspecified atom stereocenters. The van der Waals surface area contributed by atoms with Crippen LogP contribution < -0.4 is 15.4 Å². The van der Waals surface area contributed by atoms with Crippen LogP contribution in [-0.4, -0.2) is 49.0 Å². The largest absolute Gasteiger partial charge is 0.479 e. The number of fused-ring (bicyclic) bond motifs is 1. The standard InChI is InChI=1S/C22H27N3O3/c1-17-22(27)25(19-9-5-6-10-20(19)28-17)15-12-21(26)24(16-13-23)14-11-18-7-3-2-4-8-18/h2-10,17H,11-16,23H2,1H3. The van der Waals surface area contributed by atoms with Crippen LogP contribution in [0.4, 0.5) is 5.69 Å². The van der Waals surface area contributed by atoms with Gasteiger partial charge in [-0.3, -0.25) is 9.59 Å². The van der Waals surface area contributed by atoms with E-state index in [-0.39, 0.29) is 18.2 Å². The van der Waals surface area contributed by atoms with E-state index in [9.17, 15) is 9.59 Å². The predicted molar refractivity (Wildman–Crippen MR) is 109 cm³/mol. The second-order valence-corrected chi connectivity index (χ2v) is 6.87. The third-order valence-electron chi connectivity index (χ3n) is 4.89. The van der Waals surface area contributed by atoms with Crippen molar-refractivity contribution in [2.24, 2.45) is 5.73 Å². The van der Waals surface area contributed by atoms with Gasteiger partial charge in [0.25, 0.3) is 5.91 Å². The van der Waals surface area contributed by atoms with Gasteiger partial charge in [0.15, 0.2) is 6.10 Å². The number of carbonyl (C=O) groups excluding carboxylic acids is 2. The normalized spacial score (nSPS) is 15.7. The lowest BCUT2D eigenvalue weighted by Gasteiger charge is -2.33. The van der Waals surface area contributed by atoms with E-state index in [4.69, 9.17) is 10.5 Å². The van der Waals surface area contributed by atoms with Gasteiger partial charge in [0.1, 0.15) is 5.75 Å². The Morgan fingerprint density at radius 1 is 1.11 bits per heavy atom. The summed E-state index contributed by atoms with van der Waals surface area (Å²) < 4.78 is 5.65. The summed E-state index contributed by atoms with van der Waals surface area (Å²) in [6, 6.07) is 17.5. The zero-order valence-electron chi connectivity index (χ0n) is 16.2. The maximum absolute atomic E-state index is 12.8. The van der Waals surface area contributed by atoms with E-state index < -0.39 is 6.10 Å². The third-order valence-corrected chi connectivity index (χ3v) is 4.89. The van der Waals surface area contributed by atoms with Gasteiger partial charge in [0, 0.05) is 32.6 Å². The Balaban J connectivity index is 1.63. The molecule has 1 heterocycles. The molecular weight excluding hydrogens is 354 g/mol. The van der Waals surface area contributed by atoms with Crippen molar-refractivity contribution in [1.82, 2.24) is 4.90 Å². The highest BCUT2D eigenvalue weighted by Crippen LogP contribution is 2.33. The van der Waals surface area contributed by atoms with Crippen molar-refractivity contribution in [2.75, 3.05) is 31.1 Å². The Labute approximate surface area is 165 Å². The van der Waals surface area contributed by atoms with Gasteiger partial charge in [0.05, 0.1) is 5.69 Å². The first-order valence-electron chi connectivity index (χ1n) is 9.69. The lowest BCUT2D eigenvalue weighted by atomic mass is 10.1. The first-order chi connectivity index (χ1) is 13.6. The molecule has 1 atom stereocenters. The maximum atomic E-state index is 12.8. The van der Waals surface area contributed by atoms with E-state index in [1.165, 1.54) is 5.56 Å². The lowest BCUT2D eigenvalue weighted by molar-refractivity contribution is -0.131. The van der Waals surface area contributed by atoms with Crippen LogP contribution in [0.3, 0.4) is 0 Å². The third kappa shape index (κ3) is 4.70. The number of nitrogens with zero attached hydrogens (tertiary/aromatic N) is 2. The average molecular weight is 381 g/mol. The van der Waals surface area contributed by atoms with Crippen molar-refractivity contribution in [2.45, 2.75) is 25.9 Å². The fourth-order valence-corrected chi connectivity index (χ4v) is 3.38. The van der Waals surface area contributed by atoms with Crippen LogP contribution >= 0.6 is 0 Å². The first kappa shape index (κ1) is 19.9. The van der Waals surface area contributed by atoms with Gasteiger partial charge in [-0.15, -0.1) is 0 Å². The molecule has 2 amide bonds. The minimum Gasteiger partial charge on any atom is -0.479 e. The zero-order chi connectivity index (χ0) is 19.9. The van der Waals surface area contributed by atoms with E-state index in [1.54, 1.807) is 16.7 Å². The van der Waals surface area contributed by atoms with Crippen molar-refractivity contribution in [1.29, 1.82) is 0 Å². The number of anilines is 1. The molecule has 0 aromatic heterocycles. The molecule has 1 aliphatic rings. The second kappa shape index (κ2) is 9.37. The summed E-state index contributed by atoms with van der Waals surface area (Å²) in [6.07, 6.45) is 0.480. The van der Waals surface area contributed by atoms with Gasteiger partial charge in [-0.2, -0.15) is 0 Å². The SMILES string of the molecule is CC1Oc2ccccc2N(CCC(=O)N(CCN)CCc2ccccc2)C1=O. The summed E-state index contributed by atoms with van der Waals surface area (Å²) in [5, 5.41) is 0. The fourth-order valence-electron chi connectivity index (χ4n) is 3.38. The topological polar surface area (TPSA) is 75.9 Å². The minimum atomic E-state index is -0.553. The van der Waals surface area contributed by atoms with Gasteiger partial charge >= 0.3 is 0 Å². The quantitative estimate of drug-likeness (QED) is 0.761. The highest BCUT2D eigenvalue weighted by atomic mass is 16.5. The Bertz CT molecular complexity index is 810. The highest BCUT2D eigenvalue weighted by molar-refractivity contribution is 6.00. The average Bonchev–Trinajstić information content (AvgIpc) is 2.72. The zero-order valence-corrected chi connectivity index (χ0v) is 16.2. The molecule has 0 spiro atoms. The van der Waals surface area contributed by atoms with Crippen molar-refractivity contribution in [3.8, 4) is 5.75 Å². The predicted octanol–water partition coefficient (Wildman–Crippen LogP) is 2.22. The van der Waals surface area contributed by atoms with Crippen LogP contribution in [0, 0.1) is 0 Å². The van der Waals surface area contributed by atoms with Gasteiger partial charge in [0.2, 0.25) is 5.91 Å². The van der Waals surface area contributed by atoms with Crippen molar-refractivity contribution < 1.29 is 14.3 Å². The number of amides is 2. The van der Waals surface area contributed by atoms with E-state index in [0.717, 1.165) is 6.42 Å². The van der Waals surface area contributed by atoms with Crippen molar-refractivity contribution in [3.63, 3.8) is 0 Å². The Kier molecular flexibility index (Phi) is 6.66. The van der Waals surface area contributed by atoms with E-state index in [1.807, 2.05) is 42.5 Å². The van der Waals surface area contributed by atoms with E-state index in [0.29, 0.717) is 37.6 Å². The molecule has 3 rings (SSSR count). The molecule has 2 aromatic rings. The number of para-hydroxylation sites is 2. The molecule has 2 N–H and O–H groups in total. The smallest absolute Gasteiger partial charge is 0.267 e. The van der Waals surface area contributed by atoms with Gasteiger partial charge < -0.3 is 20.3 Å². The molecule has 0 bridgehead atoms. The Hall–Kier alpha value is -2.86. The van der Waals surface area contributed by atoms with Crippen LogP contribution in [0.2, 0.25) is 0 Å². The molecule has 0 aliphatic carbocycles. The first-order valence-corrected chi connectivity index (χ1v) is 9.69. The summed E-state index contributed by atoms with van der Waals surface area (Å²) in [5.41, 5.74) is 7.60. The molecule has 28 heavy (non-hydrogen) atoms. The van der Waals surface area contributed by atoms with Crippen LogP contribution in [0.5, 0.6) is 5.75 Å². The molecule has 0 saturated carbocycles. The monoisotopic (exact) mass is 381 g/mol. The number of nitrogens with two attached hydrogens (primary N) is 1. The van der Waals surface area contributed by atoms with Gasteiger partial charge in [-0.25, -0.2) is 0 Å². The number of ether oxygens (including phenoxy) is 1. The van der Waals surface area contributed by atoms with Crippen LogP contribution in [-0.2, 0) is 16.0 Å². The number of carbonyl (C=O) groups is 2. The van der Waals surface area contributed by atoms with Crippen LogP contribution in [0.15, 0.2) is 54.6 Å². The highest BCUT2D eigenvalue weighted by Gasteiger charge is 2.31. The fraction of sp³-hybridized carbons (Fsp3) is 0.364. The maximum Gasteiger partial charge on any atom is 0.267 e. The number of hydrogen-bond donors (Lipinski definition) is 1. The molecule has 148 valence electrons. The molecule has 0 saturated heterocycles. The molecule has 0 radical (unpaired) electrons. The van der Waals surface area contributed by atoms with Gasteiger partial charge in [-0.1, -0.05) is 42.5 Å². The second-order valence-electron chi connectivity index (χ2n) is 6.87.